The Morgan fingerprint density at radius 2 is 1.57 bits per heavy atom. The number of hydrogen-bond acceptors (Lipinski definition) is 1. The largest absolute Gasteiger partial charge is 0.497 e. The summed E-state index contributed by atoms with van der Waals surface area (Å²) in [7, 11) is 1.74. The number of ether oxygens (including phenoxy) is 1. The molecule has 1 nitrogen and oxygen atoms in total. The van der Waals surface area contributed by atoms with Gasteiger partial charge in [-0.25, -0.2) is 0 Å². The highest BCUT2D eigenvalue weighted by molar-refractivity contribution is 5.54. The molecule has 0 N–H and O–H groups in total. The zero-order valence-corrected chi connectivity index (χ0v) is 13.7. The van der Waals surface area contributed by atoms with Crippen LogP contribution in [0.1, 0.15) is 49.4 Å². The van der Waals surface area contributed by atoms with Crippen LogP contribution in [-0.2, 0) is 10.8 Å². The van der Waals surface area contributed by atoms with Crippen molar-refractivity contribution in [2.45, 2.75) is 44.9 Å². The van der Waals surface area contributed by atoms with Gasteiger partial charge in [0.1, 0.15) is 5.75 Å². The normalized spacial score (nSPS) is 22.9. The van der Waals surface area contributed by atoms with Crippen LogP contribution in [0, 0.1) is 6.92 Å². The molecule has 0 amide bonds. The average Bonchev–Trinajstić information content (AvgIpc) is 2.67. The maximum absolute atomic E-state index is 5.46. The van der Waals surface area contributed by atoms with Crippen LogP contribution >= 0.6 is 0 Å². The lowest BCUT2D eigenvalue weighted by Crippen LogP contribution is -2.23. The van der Waals surface area contributed by atoms with Crippen molar-refractivity contribution in [3.63, 3.8) is 0 Å². The predicted octanol–water partition coefficient (Wildman–Crippen LogP) is 4.99. The topological polar surface area (TPSA) is 9.23 Å². The molecule has 0 radical (unpaired) electrons. The van der Waals surface area contributed by atoms with Crippen molar-refractivity contribution in [3.8, 4) is 5.75 Å². The average molecular weight is 280 g/mol. The second-order valence-corrected chi connectivity index (χ2v) is 7.17. The van der Waals surface area contributed by atoms with Gasteiger partial charge < -0.3 is 4.74 Å². The monoisotopic (exact) mass is 280 g/mol. The molecule has 0 aliphatic heterocycles. The minimum Gasteiger partial charge on any atom is -0.497 e. The minimum atomic E-state index is 0.0566. The van der Waals surface area contributed by atoms with Gasteiger partial charge in [-0.05, 0) is 47.6 Å². The highest BCUT2D eigenvalue weighted by Gasteiger charge is 2.45. The molecule has 21 heavy (non-hydrogen) atoms. The lowest BCUT2D eigenvalue weighted by molar-refractivity contribution is 0.412. The molecule has 3 rings (SSSR count). The van der Waals surface area contributed by atoms with Crippen molar-refractivity contribution in [1.82, 2.24) is 0 Å². The molecular formula is C20H24O. The van der Waals surface area contributed by atoms with Crippen LogP contribution in [0.4, 0.5) is 0 Å². The molecule has 110 valence electrons. The quantitative estimate of drug-likeness (QED) is 0.753. The molecule has 0 fully saturated rings. The van der Waals surface area contributed by atoms with E-state index >= 15 is 0 Å². The summed E-state index contributed by atoms with van der Waals surface area (Å²) >= 11 is 0. The van der Waals surface area contributed by atoms with Crippen molar-refractivity contribution in [3.05, 3.63) is 64.7 Å². The Labute approximate surface area is 128 Å². The van der Waals surface area contributed by atoms with Crippen molar-refractivity contribution in [2.24, 2.45) is 0 Å². The minimum absolute atomic E-state index is 0.0566. The molecule has 1 aliphatic rings. The number of methoxy groups -OCH3 is 1. The highest BCUT2D eigenvalue weighted by atomic mass is 16.5. The van der Waals surface area contributed by atoms with E-state index in [0.29, 0.717) is 0 Å². The summed E-state index contributed by atoms with van der Waals surface area (Å²) in [6, 6.07) is 15.5. The van der Waals surface area contributed by atoms with E-state index in [-0.39, 0.29) is 10.8 Å². The molecule has 2 aromatic rings. The Kier molecular flexibility index (Phi) is 3.12. The molecule has 0 saturated carbocycles. The molecule has 1 atom stereocenters. The van der Waals surface area contributed by atoms with Crippen molar-refractivity contribution < 1.29 is 4.74 Å². The van der Waals surface area contributed by atoms with E-state index < -0.39 is 0 Å². The standard InChI is InChI=1S/C20H24O/c1-14-6-8-15(9-7-14)20(4)13-19(2,3)17-11-10-16(21-5)12-18(17)20/h6-12H,13H2,1-5H3. The van der Waals surface area contributed by atoms with Crippen LogP contribution in [0.15, 0.2) is 42.5 Å². The summed E-state index contributed by atoms with van der Waals surface area (Å²) in [6.07, 6.45) is 1.13. The lowest BCUT2D eigenvalue weighted by atomic mass is 9.75. The number of aryl methyl sites for hydroxylation is 1. The van der Waals surface area contributed by atoms with Gasteiger partial charge in [0.05, 0.1) is 7.11 Å². The van der Waals surface area contributed by atoms with Gasteiger partial charge in [-0.1, -0.05) is 56.7 Å². The third-order valence-corrected chi connectivity index (χ3v) is 5.03. The molecule has 1 aliphatic carbocycles. The van der Waals surface area contributed by atoms with Crippen molar-refractivity contribution in [2.75, 3.05) is 7.11 Å². The summed E-state index contributed by atoms with van der Waals surface area (Å²) in [4.78, 5) is 0. The van der Waals surface area contributed by atoms with Crippen LogP contribution in [0.5, 0.6) is 5.75 Å². The van der Waals surface area contributed by atoms with Crippen molar-refractivity contribution >= 4 is 0 Å². The maximum Gasteiger partial charge on any atom is 0.119 e. The predicted molar refractivity (Wildman–Crippen MR) is 88.3 cm³/mol. The first-order valence-corrected chi connectivity index (χ1v) is 7.63. The molecular weight excluding hydrogens is 256 g/mol. The first-order chi connectivity index (χ1) is 9.87. The number of fused-ring (bicyclic) bond motifs is 1. The van der Waals surface area contributed by atoms with Crippen LogP contribution in [0.3, 0.4) is 0 Å². The van der Waals surface area contributed by atoms with E-state index in [1.807, 2.05) is 0 Å². The summed E-state index contributed by atoms with van der Waals surface area (Å²) in [5, 5.41) is 0. The highest BCUT2D eigenvalue weighted by Crippen LogP contribution is 2.53. The van der Waals surface area contributed by atoms with Gasteiger partial charge in [0.2, 0.25) is 0 Å². The molecule has 0 aromatic heterocycles. The summed E-state index contributed by atoms with van der Waals surface area (Å²) in [6.45, 7) is 9.20. The van der Waals surface area contributed by atoms with Gasteiger partial charge in [0.25, 0.3) is 0 Å². The Morgan fingerprint density at radius 3 is 2.19 bits per heavy atom. The SMILES string of the molecule is COc1ccc2c(c1)C(C)(c1ccc(C)cc1)CC2(C)C. The summed E-state index contributed by atoms with van der Waals surface area (Å²) in [5.74, 6) is 0.949. The van der Waals surface area contributed by atoms with E-state index in [9.17, 15) is 0 Å². The molecule has 0 heterocycles. The summed E-state index contributed by atoms with van der Waals surface area (Å²) in [5.41, 5.74) is 5.82. The zero-order valence-electron chi connectivity index (χ0n) is 13.7. The Hall–Kier alpha value is -1.76. The molecule has 0 spiro atoms. The van der Waals surface area contributed by atoms with Crippen LogP contribution in [0.25, 0.3) is 0 Å². The Bertz CT molecular complexity index is 667. The van der Waals surface area contributed by atoms with E-state index in [0.717, 1.165) is 12.2 Å². The fourth-order valence-corrected chi connectivity index (χ4v) is 3.95. The van der Waals surface area contributed by atoms with Crippen LogP contribution in [-0.4, -0.2) is 7.11 Å². The number of benzene rings is 2. The smallest absolute Gasteiger partial charge is 0.119 e. The molecule has 1 heteroatoms. The molecule has 0 bridgehead atoms. The van der Waals surface area contributed by atoms with Crippen LogP contribution < -0.4 is 4.74 Å². The molecule has 1 unspecified atom stereocenters. The van der Waals surface area contributed by atoms with Gasteiger partial charge in [0, 0.05) is 5.41 Å². The van der Waals surface area contributed by atoms with Gasteiger partial charge in [-0.15, -0.1) is 0 Å². The third kappa shape index (κ3) is 2.16. The molecule has 0 saturated heterocycles. The van der Waals surface area contributed by atoms with E-state index in [2.05, 4.69) is 70.2 Å². The maximum atomic E-state index is 5.46. The fraction of sp³-hybridized carbons (Fsp3) is 0.400. The number of hydrogen-bond donors (Lipinski definition) is 0. The third-order valence-electron chi connectivity index (χ3n) is 5.03. The van der Waals surface area contributed by atoms with Crippen molar-refractivity contribution in [1.29, 1.82) is 0 Å². The van der Waals surface area contributed by atoms with E-state index in [1.165, 1.54) is 22.3 Å². The fourth-order valence-electron chi connectivity index (χ4n) is 3.95. The Morgan fingerprint density at radius 1 is 0.905 bits per heavy atom. The summed E-state index contributed by atoms with van der Waals surface area (Å²) < 4.78 is 5.46. The van der Waals surface area contributed by atoms with Crippen LogP contribution in [0.2, 0.25) is 0 Å². The van der Waals surface area contributed by atoms with Gasteiger partial charge in [-0.2, -0.15) is 0 Å². The Balaban J connectivity index is 2.20. The lowest BCUT2D eigenvalue weighted by Gasteiger charge is -2.28. The van der Waals surface area contributed by atoms with Gasteiger partial charge >= 0.3 is 0 Å². The second-order valence-electron chi connectivity index (χ2n) is 7.17. The first-order valence-electron chi connectivity index (χ1n) is 7.63. The second kappa shape index (κ2) is 4.62. The zero-order chi connectivity index (χ0) is 15.3. The van der Waals surface area contributed by atoms with Gasteiger partial charge in [0.15, 0.2) is 0 Å². The molecule has 2 aromatic carbocycles. The van der Waals surface area contributed by atoms with E-state index in [4.69, 9.17) is 4.74 Å². The first kappa shape index (κ1) is 14.2. The number of rotatable bonds is 2. The van der Waals surface area contributed by atoms with E-state index in [1.54, 1.807) is 7.11 Å². The van der Waals surface area contributed by atoms with Gasteiger partial charge in [-0.3, -0.25) is 0 Å².